The quantitative estimate of drug-likeness (QED) is 0.405. The molecule has 0 aromatic rings. The largest absolute Gasteiger partial charge is 0.395 e. The maximum Gasteiger partial charge on any atom is 0.191 e. The molecule has 4 heteroatoms. The molecule has 0 aromatic carbocycles. The van der Waals surface area contributed by atoms with E-state index >= 15 is 0 Å². The number of rotatable bonds is 2. The van der Waals surface area contributed by atoms with Crippen LogP contribution in [0.1, 0.15) is 20.8 Å². The molecule has 0 unspecified atom stereocenters. The molecule has 0 spiro atoms. The molecule has 3 N–H and O–H groups in total. The van der Waals surface area contributed by atoms with Gasteiger partial charge >= 0.3 is 0 Å². The monoisotopic (exact) mass is 173 g/mol. The highest BCUT2D eigenvalue weighted by atomic mass is 16.3. The second-order valence-electron chi connectivity index (χ2n) is 3.60. The van der Waals surface area contributed by atoms with Gasteiger partial charge in [0.2, 0.25) is 0 Å². The van der Waals surface area contributed by atoms with Crippen LogP contribution < -0.4 is 10.6 Å². The highest BCUT2D eigenvalue weighted by molar-refractivity contribution is 5.80. The molecule has 0 atom stereocenters. The molecule has 0 saturated carbocycles. The van der Waals surface area contributed by atoms with Crippen LogP contribution in [0.15, 0.2) is 4.99 Å². The minimum absolute atomic E-state index is 0.00268. The number of nitrogens with one attached hydrogen (secondary N) is 2. The number of hydrogen-bond donors (Lipinski definition) is 3. The predicted molar refractivity (Wildman–Crippen MR) is 51.3 cm³/mol. The standard InChI is InChI=1S/C8H19N3O/c1-8(2,3)11-7(9-4)10-5-6-12/h12H,5-6H2,1-4H3,(H2,9,10,11). The Balaban J connectivity index is 3.86. The van der Waals surface area contributed by atoms with Gasteiger partial charge < -0.3 is 15.7 Å². The molecule has 0 rings (SSSR count). The highest BCUT2D eigenvalue weighted by Gasteiger charge is 2.10. The fourth-order valence-electron chi connectivity index (χ4n) is 0.709. The molecule has 0 aromatic heterocycles. The lowest BCUT2D eigenvalue weighted by Gasteiger charge is -2.23. The van der Waals surface area contributed by atoms with E-state index in [1.165, 1.54) is 0 Å². The summed E-state index contributed by atoms with van der Waals surface area (Å²) in [5, 5.41) is 14.7. The van der Waals surface area contributed by atoms with Gasteiger partial charge in [0, 0.05) is 19.1 Å². The summed E-state index contributed by atoms with van der Waals surface area (Å²) in [7, 11) is 1.71. The Kier molecular flexibility index (Phi) is 4.66. The molecule has 0 heterocycles. The SMILES string of the molecule is CN=C(NCCO)NC(C)(C)C. The lowest BCUT2D eigenvalue weighted by molar-refractivity contribution is 0.299. The molecule has 0 fully saturated rings. The average Bonchev–Trinajstić information content (AvgIpc) is 1.95. The van der Waals surface area contributed by atoms with Crippen molar-refractivity contribution in [2.45, 2.75) is 26.3 Å². The van der Waals surface area contributed by atoms with Crippen molar-refractivity contribution in [1.82, 2.24) is 10.6 Å². The second kappa shape index (κ2) is 4.98. The van der Waals surface area contributed by atoms with E-state index in [4.69, 9.17) is 5.11 Å². The molecule has 0 aliphatic rings. The van der Waals surface area contributed by atoms with Gasteiger partial charge in [-0.15, -0.1) is 0 Å². The van der Waals surface area contributed by atoms with E-state index < -0.39 is 0 Å². The minimum atomic E-state index is -0.00268. The zero-order valence-electron chi connectivity index (χ0n) is 8.31. The van der Waals surface area contributed by atoms with Crippen LogP contribution in [0.5, 0.6) is 0 Å². The van der Waals surface area contributed by atoms with Gasteiger partial charge in [0.15, 0.2) is 5.96 Å². The van der Waals surface area contributed by atoms with E-state index in [0.29, 0.717) is 6.54 Å². The Bertz CT molecular complexity index is 149. The zero-order valence-corrected chi connectivity index (χ0v) is 8.31. The van der Waals surface area contributed by atoms with Crippen LogP contribution in [-0.4, -0.2) is 36.8 Å². The third kappa shape index (κ3) is 5.97. The van der Waals surface area contributed by atoms with E-state index in [-0.39, 0.29) is 12.1 Å². The molecule has 72 valence electrons. The number of aliphatic hydroxyl groups is 1. The van der Waals surface area contributed by atoms with Crippen LogP contribution in [0.4, 0.5) is 0 Å². The van der Waals surface area contributed by atoms with Crippen LogP contribution in [-0.2, 0) is 0 Å². The Morgan fingerprint density at radius 1 is 1.42 bits per heavy atom. The van der Waals surface area contributed by atoms with E-state index in [1.54, 1.807) is 7.05 Å². The predicted octanol–water partition coefficient (Wildman–Crippen LogP) is -0.0578. The highest BCUT2D eigenvalue weighted by Crippen LogP contribution is 1.97. The summed E-state index contributed by atoms with van der Waals surface area (Å²) >= 11 is 0. The van der Waals surface area contributed by atoms with Gasteiger partial charge in [0.1, 0.15) is 0 Å². The van der Waals surface area contributed by atoms with E-state index in [0.717, 1.165) is 5.96 Å². The van der Waals surface area contributed by atoms with Crippen molar-refractivity contribution in [3.05, 3.63) is 0 Å². The molecule has 0 aliphatic carbocycles. The van der Waals surface area contributed by atoms with Gasteiger partial charge in [0.25, 0.3) is 0 Å². The lowest BCUT2D eigenvalue weighted by atomic mass is 10.1. The van der Waals surface area contributed by atoms with Crippen LogP contribution in [0.25, 0.3) is 0 Å². The van der Waals surface area contributed by atoms with Crippen LogP contribution in [0.2, 0.25) is 0 Å². The fraction of sp³-hybridized carbons (Fsp3) is 0.875. The molecule has 0 amide bonds. The van der Waals surface area contributed by atoms with Crippen LogP contribution in [0, 0.1) is 0 Å². The van der Waals surface area contributed by atoms with Crippen molar-refractivity contribution in [1.29, 1.82) is 0 Å². The van der Waals surface area contributed by atoms with Crippen molar-refractivity contribution < 1.29 is 5.11 Å². The van der Waals surface area contributed by atoms with Crippen molar-refractivity contribution in [3.8, 4) is 0 Å². The minimum Gasteiger partial charge on any atom is -0.395 e. The molecular weight excluding hydrogens is 154 g/mol. The van der Waals surface area contributed by atoms with Crippen LogP contribution >= 0.6 is 0 Å². The summed E-state index contributed by atoms with van der Waals surface area (Å²) in [5.41, 5.74) is -0.00268. The number of nitrogens with zero attached hydrogens (tertiary/aromatic N) is 1. The average molecular weight is 173 g/mol. The van der Waals surface area contributed by atoms with Crippen molar-refractivity contribution in [2.24, 2.45) is 4.99 Å². The Morgan fingerprint density at radius 3 is 2.33 bits per heavy atom. The summed E-state index contributed by atoms with van der Waals surface area (Å²) in [6, 6.07) is 0. The van der Waals surface area contributed by atoms with E-state index in [1.807, 2.05) is 0 Å². The first-order valence-electron chi connectivity index (χ1n) is 4.09. The summed E-state index contributed by atoms with van der Waals surface area (Å²) < 4.78 is 0. The van der Waals surface area contributed by atoms with Gasteiger partial charge in [-0.05, 0) is 20.8 Å². The van der Waals surface area contributed by atoms with Gasteiger partial charge in [-0.2, -0.15) is 0 Å². The third-order valence-corrected chi connectivity index (χ3v) is 1.12. The van der Waals surface area contributed by atoms with Crippen molar-refractivity contribution >= 4 is 5.96 Å². The van der Waals surface area contributed by atoms with Gasteiger partial charge in [-0.3, -0.25) is 4.99 Å². The van der Waals surface area contributed by atoms with E-state index in [9.17, 15) is 0 Å². The molecule has 0 aliphatic heterocycles. The number of hydrogen-bond acceptors (Lipinski definition) is 2. The second-order valence-corrected chi connectivity index (χ2v) is 3.60. The van der Waals surface area contributed by atoms with Gasteiger partial charge in [0.05, 0.1) is 6.61 Å². The first-order valence-corrected chi connectivity index (χ1v) is 4.09. The van der Waals surface area contributed by atoms with Gasteiger partial charge in [-0.25, -0.2) is 0 Å². The maximum atomic E-state index is 8.56. The van der Waals surface area contributed by atoms with Crippen molar-refractivity contribution in [3.63, 3.8) is 0 Å². The third-order valence-electron chi connectivity index (χ3n) is 1.12. The van der Waals surface area contributed by atoms with Gasteiger partial charge in [-0.1, -0.05) is 0 Å². The topological polar surface area (TPSA) is 56.7 Å². The van der Waals surface area contributed by atoms with Crippen molar-refractivity contribution in [2.75, 3.05) is 20.2 Å². The molecule has 4 nitrogen and oxygen atoms in total. The molecule has 0 radical (unpaired) electrons. The summed E-state index contributed by atoms with van der Waals surface area (Å²) in [6.07, 6.45) is 0. The summed E-state index contributed by atoms with van der Waals surface area (Å²) in [5.74, 6) is 0.719. The number of aliphatic hydroxyl groups excluding tert-OH is 1. The lowest BCUT2D eigenvalue weighted by Crippen LogP contribution is -2.48. The normalized spacial score (nSPS) is 12.9. The summed E-state index contributed by atoms with van der Waals surface area (Å²) in [4.78, 5) is 3.99. The fourth-order valence-corrected chi connectivity index (χ4v) is 0.709. The molecule has 12 heavy (non-hydrogen) atoms. The first kappa shape index (κ1) is 11.2. The molecular formula is C8H19N3O. The number of aliphatic imine (C=N–C) groups is 1. The first-order chi connectivity index (χ1) is 5.49. The van der Waals surface area contributed by atoms with Crippen LogP contribution in [0.3, 0.4) is 0 Å². The Labute approximate surface area is 74.1 Å². The van der Waals surface area contributed by atoms with E-state index in [2.05, 4.69) is 36.4 Å². The molecule has 0 bridgehead atoms. The zero-order chi connectivity index (χ0) is 9.61. The smallest absolute Gasteiger partial charge is 0.191 e. The molecule has 0 saturated heterocycles. The maximum absolute atomic E-state index is 8.56. The Morgan fingerprint density at radius 2 is 2.00 bits per heavy atom. The number of guanidine groups is 1. The Hall–Kier alpha value is -0.770. The summed E-state index contributed by atoms with van der Waals surface area (Å²) in [6.45, 7) is 6.80.